The Kier molecular flexibility index (Phi) is 5.53. The van der Waals surface area contributed by atoms with Gasteiger partial charge in [0, 0.05) is 10.9 Å². The SMILES string of the molecule is COc1ccc(-c2cc3ccccc3c(COS(=O)(=O)c3ccc(C)cc3)n2)cc1. The topological polar surface area (TPSA) is 65.5 Å². The molecule has 4 rings (SSSR count). The van der Waals surface area contributed by atoms with Gasteiger partial charge >= 0.3 is 0 Å². The maximum absolute atomic E-state index is 12.6. The molecule has 3 aromatic carbocycles. The fourth-order valence-electron chi connectivity index (χ4n) is 3.20. The van der Waals surface area contributed by atoms with E-state index in [1.165, 1.54) is 0 Å². The van der Waals surface area contributed by atoms with Gasteiger partial charge in [0.1, 0.15) is 12.4 Å². The van der Waals surface area contributed by atoms with Crippen LogP contribution in [0.2, 0.25) is 0 Å². The molecule has 1 aromatic heterocycles. The van der Waals surface area contributed by atoms with Gasteiger partial charge < -0.3 is 4.74 Å². The third kappa shape index (κ3) is 4.20. The zero-order valence-corrected chi connectivity index (χ0v) is 17.5. The van der Waals surface area contributed by atoms with E-state index in [9.17, 15) is 8.42 Å². The highest BCUT2D eigenvalue weighted by molar-refractivity contribution is 7.86. The number of aryl methyl sites for hydroxylation is 1. The summed E-state index contributed by atoms with van der Waals surface area (Å²) in [4.78, 5) is 4.84. The lowest BCUT2D eigenvalue weighted by molar-refractivity contribution is 0.305. The second kappa shape index (κ2) is 8.26. The molecule has 1 heterocycles. The summed E-state index contributed by atoms with van der Waals surface area (Å²) in [6.45, 7) is 1.75. The number of methoxy groups -OCH3 is 1. The summed E-state index contributed by atoms with van der Waals surface area (Å²) in [5.74, 6) is 0.757. The van der Waals surface area contributed by atoms with Gasteiger partial charge in [-0.05, 0) is 54.8 Å². The van der Waals surface area contributed by atoms with Crippen molar-refractivity contribution in [2.75, 3.05) is 7.11 Å². The molecular weight excluding hydrogens is 398 g/mol. The molecule has 0 amide bonds. The Morgan fingerprint density at radius 3 is 2.30 bits per heavy atom. The zero-order chi connectivity index (χ0) is 21.1. The molecule has 0 aliphatic heterocycles. The summed E-state index contributed by atoms with van der Waals surface area (Å²) in [5, 5.41) is 1.82. The van der Waals surface area contributed by atoms with Crippen molar-refractivity contribution in [3.63, 3.8) is 0 Å². The molecule has 6 heteroatoms. The monoisotopic (exact) mass is 419 g/mol. The Bertz CT molecular complexity index is 1280. The second-order valence-corrected chi connectivity index (χ2v) is 8.55. The lowest BCUT2D eigenvalue weighted by atomic mass is 10.0. The largest absolute Gasteiger partial charge is 0.497 e. The first kappa shape index (κ1) is 20.1. The first-order valence-corrected chi connectivity index (χ1v) is 10.9. The summed E-state index contributed by atoms with van der Waals surface area (Å²) in [7, 11) is -2.27. The molecule has 0 spiro atoms. The van der Waals surface area contributed by atoms with Crippen molar-refractivity contribution >= 4 is 20.9 Å². The highest BCUT2D eigenvalue weighted by Crippen LogP contribution is 2.27. The van der Waals surface area contributed by atoms with Gasteiger partial charge in [0.05, 0.1) is 23.4 Å². The van der Waals surface area contributed by atoms with Crippen molar-refractivity contribution < 1.29 is 17.3 Å². The van der Waals surface area contributed by atoms with Crippen LogP contribution >= 0.6 is 0 Å². The summed E-state index contributed by atoms with van der Waals surface area (Å²) in [6, 6.07) is 23.9. The number of ether oxygens (including phenoxy) is 1. The van der Waals surface area contributed by atoms with E-state index in [1.54, 1.807) is 31.4 Å². The normalized spacial score (nSPS) is 11.5. The van der Waals surface area contributed by atoms with Gasteiger partial charge in [0.2, 0.25) is 0 Å². The number of fused-ring (bicyclic) bond motifs is 1. The maximum Gasteiger partial charge on any atom is 0.297 e. The molecule has 0 saturated heterocycles. The number of benzene rings is 3. The van der Waals surface area contributed by atoms with E-state index in [0.717, 1.165) is 33.3 Å². The van der Waals surface area contributed by atoms with Crippen LogP contribution in [0.1, 0.15) is 11.3 Å². The number of nitrogens with zero attached hydrogens (tertiary/aromatic N) is 1. The van der Waals surface area contributed by atoms with Crippen LogP contribution in [-0.4, -0.2) is 20.5 Å². The third-order valence-corrected chi connectivity index (χ3v) is 6.14. The van der Waals surface area contributed by atoms with Gasteiger partial charge in [0.25, 0.3) is 10.1 Å². The van der Waals surface area contributed by atoms with Crippen LogP contribution in [0.3, 0.4) is 0 Å². The van der Waals surface area contributed by atoms with E-state index in [1.807, 2.05) is 61.5 Å². The molecule has 0 unspecified atom stereocenters. The molecule has 0 fully saturated rings. The van der Waals surface area contributed by atoms with E-state index in [4.69, 9.17) is 13.9 Å². The molecule has 152 valence electrons. The molecule has 5 nitrogen and oxygen atoms in total. The Hall–Kier alpha value is -3.22. The van der Waals surface area contributed by atoms with Crippen LogP contribution < -0.4 is 4.74 Å². The molecule has 0 saturated carbocycles. The van der Waals surface area contributed by atoms with E-state index >= 15 is 0 Å². The van der Waals surface area contributed by atoms with Crippen LogP contribution in [0, 0.1) is 6.92 Å². The van der Waals surface area contributed by atoms with Crippen molar-refractivity contribution in [1.82, 2.24) is 4.98 Å². The minimum absolute atomic E-state index is 0.128. The van der Waals surface area contributed by atoms with Crippen LogP contribution in [0.4, 0.5) is 0 Å². The van der Waals surface area contributed by atoms with Crippen LogP contribution in [0.15, 0.2) is 83.8 Å². The molecule has 0 bridgehead atoms. The number of rotatable bonds is 6. The predicted molar refractivity (Wildman–Crippen MR) is 117 cm³/mol. The molecular formula is C24H21NO4S. The zero-order valence-electron chi connectivity index (χ0n) is 16.7. The average molecular weight is 420 g/mol. The fourth-order valence-corrected chi connectivity index (χ4v) is 4.07. The number of aromatic nitrogens is 1. The quantitative estimate of drug-likeness (QED) is 0.406. The van der Waals surface area contributed by atoms with E-state index in [-0.39, 0.29) is 11.5 Å². The Morgan fingerprint density at radius 1 is 0.900 bits per heavy atom. The lowest BCUT2D eigenvalue weighted by Gasteiger charge is -2.11. The van der Waals surface area contributed by atoms with Gasteiger partial charge in [-0.1, -0.05) is 42.0 Å². The van der Waals surface area contributed by atoms with E-state index < -0.39 is 10.1 Å². The number of hydrogen-bond donors (Lipinski definition) is 0. The van der Waals surface area contributed by atoms with Crippen molar-refractivity contribution in [2.45, 2.75) is 18.4 Å². The molecule has 0 aliphatic carbocycles. The van der Waals surface area contributed by atoms with Gasteiger partial charge in [-0.3, -0.25) is 4.18 Å². The van der Waals surface area contributed by atoms with Crippen molar-refractivity contribution in [2.24, 2.45) is 0 Å². The fraction of sp³-hybridized carbons (Fsp3) is 0.125. The van der Waals surface area contributed by atoms with E-state index in [0.29, 0.717) is 5.69 Å². The Balaban J connectivity index is 1.69. The second-order valence-electron chi connectivity index (χ2n) is 6.93. The minimum Gasteiger partial charge on any atom is -0.497 e. The average Bonchev–Trinajstić information content (AvgIpc) is 2.77. The third-order valence-electron chi connectivity index (χ3n) is 4.87. The van der Waals surface area contributed by atoms with Crippen molar-refractivity contribution in [1.29, 1.82) is 0 Å². The van der Waals surface area contributed by atoms with Crippen molar-refractivity contribution in [3.05, 3.63) is 90.1 Å². The standard InChI is InChI=1S/C24H21NO4S/c1-17-7-13-21(14-8-17)30(26,27)29-16-24-22-6-4-3-5-19(22)15-23(25-24)18-9-11-20(28-2)12-10-18/h3-15H,16H2,1-2H3. The van der Waals surface area contributed by atoms with Crippen LogP contribution in [0.25, 0.3) is 22.0 Å². The summed E-state index contributed by atoms with van der Waals surface area (Å²) in [6.07, 6.45) is 0. The Morgan fingerprint density at radius 2 is 1.60 bits per heavy atom. The van der Waals surface area contributed by atoms with Gasteiger partial charge in [-0.2, -0.15) is 8.42 Å². The summed E-state index contributed by atoms with van der Waals surface area (Å²) >= 11 is 0. The highest BCUT2D eigenvalue weighted by atomic mass is 32.2. The lowest BCUT2D eigenvalue weighted by Crippen LogP contribution is -2.08. The minimum atomic E-state index is -3.89. The molecule has 0 radical (unpaired) electrons. The molecule has 0 N–H and O–H groups in total. The Labute approximate surface area is 176 Å². The number of pyridine rings is 1. The summed E-state index contributed by atoms with van der Waals surface area (Å²) in [5.41, 5.74) is 3.19. The van der Waals surface area contributed by atoms with Gasteiger partial charge in [-0.15, -0.1) is 0 Å². The first-order chi connectivity index (χ1) is 14.5. The van der Waals surface area contributed by atoms with Gasteiger partial charge in [0.15, 0.2) is 0 Å². The van der Waals surface area contributed by atoms with E-state index in [2.05, 4.69) is 0 Å². The van der Waals surface area contributed by atoms with Gasteiger partial charge in [-0.25, -0.2) is 4.98 Å². The summed E-state index contributed by atoms with van der Waals surface area (Å²) < 4.78 is 35.8. The maximum atomic E-state index is 12.6. The molecule has 30 heavy (non-hydrogen) atoms. The van der Waals surface area contributed by atoms with Crippen molar-refractivity contribution in [3.8, 4) is 17.0 Å². The molecule has 0 atom stereocenters. The van der Waals surface area contributed by atoms with Crippen LogP contribution in [-0.2, 0) is 20.9 Å². The predicted octanol–water partition coefficient (Wildman–Crippen LogP) is 5.12. The molecule has 4 aromatic rings. The first-order valence-electron chi connectivity index (χ1n) is 9.45. The highest BCUT2D eigenvalue weighted by Gasteiger charge is 2.17. The molecule has 0 aliphatic rings. The smallest absolute Gasteiger partial charge is 0.297 e. The number of hydrogen-bond acceptors (Lipinski definition) is 5. The van der Waals surface area contributed by atoms with Crippen LogP contribution in [0.5, 0.6) is 5.75 Å².